The van der Waals surface area contributed by atoms with E-state index in [1.165, 1.54) is 5.56 Å². The maximum atomic E-state index is 13.2. The number of carbonyl (C=O) groups excluding carboxylic acids is 1. The molecule has 4 aliphatic carbocycles. The molecule has 0 saturated heterocycles. The molecule has 3 N–H and O–H groups in total. The van der Waals surface area contributed by atoms with E-state index < -0.39 is 0 Å². The molecule has 1 aromatic carbocycles. The summed E-state index contributed by atoms with van der Waals surface area (Å²) in [4.78, 5) is 13.2. The number of amides is 1. The fraction of sp³-hybridized carbons (Fsp3) is 0.640. The fourth-order valence-corrected chi connectivity index (χ4v) is 5.68. The zero-order chi connectivity index (χ0) is 21.9. The van der Waals surface area contributed by atoms with Crippen LogP contribution in [0, 0.1) is 5.41 Å². The van der Waals surface area contributed by atoms with Gasteiger partial charge in [-0.2, -0.15) is 0 Å². The summed E-state index contributed by atoms with van der Waals surface area (Å²) in [7, 11) is 1.74. The van der Waals surface area contributed by atoms with Gasteiger partial charge in [0.05, 0.1) is 12.4 Å². The molecule has 0 aromatic heterocycles. The van der Waals surface area contributed by atoms with Crippen molar-refractivity contribution in [3.05, 3.63) is 41.7 Å². The van der Waals surface area contributed by atoms with Gasteiger partial charge in [0.2, 0.25) is 5.91 Å². The number of methoxy groups -OCH3 is 1. The Morgan fingerprint density at radius 2 is 1.87 bits per heavy atom. The molecule has 1 aromatic rings. The Hall–Kier alpha value is -1.92. The number of fused-ring (bicyclic) bond motifs is 4. The Kier molecular flexibility index (Phi) is 6.68. The van der Waals surface area contributed by atoms with Crippen LogP contribution in [0.15, 0.2) is 36.2 Å². The summed E-state index contributed by atoms with van der Waals surface area (Å²) >= 11 is 0. The van der Waals surface area contributed by atoms with Crippen LogP contribution >= 0.6 is 0 Å². The first-order valence-corrected chi connectivity index (χ1v) is 11.6. The van der Waals surface area contributed by atoms with Crippen LogP contribution in [-0.4, -0.2) is 38.3 Å². The highest BCUT2D eigenvalue weighted by Crippen LogP contribution is 2.55. The molecule has 6 heteroatoms. The molecular weight excluding hydrogens is 395 g/mol. The summed E-state index contributed by atoms with van der Waals surface area (Å²) in [5.41, 5.74) is 7.21. The molecule has 1 amide bonds. The minimum absolute atomic E-state index is 0.150. The molecule has 4 fully saturated rings. The monoisotopic (exact) mass is 430 g/mol. The first-order valence-electron chi connectivity index (χ1n) is 11.6. The standard InChI is InChI=1S/C25H35FN2O3/c1-30-22-13-20(14-22)28-23(29)25-8-2-7-24(9-11-25,10-12-25)19-3-5-21(6-4-19)31-17-18(15-26)16-27/h3-6,15,20,22H,2,7-14,16-17,27H2,1H3,(H,28,29)/b18-15+. The Bertz CT molecular complexity index is 793. The van der Waals surface area contributed by atoms with Gasteiger partial charge in [-0.1, -0.05) is 18.6 Å². The van der Waals surface area contributed by atoms with E-state index in [2.05, 4.69) is 17.4 Å². The largest absolute Gasteiger partial charge is 0.489 e. The lowest BCUT2D eigenvalue weighted by Gasteiger charge is -2.44. The van der Waals surface area contributed by atoms with Gasteiger partial charge in [-0.25, -0.2) is 4.39 Å². The normalized spacial score (nSPS) is 32.8. The van der Waals surface area contributed by atoms with Crippen LogP contribution in [0.1, 0.15) is 63.4 Å². The van der Waals surface area contributed by atoms with Crippen molar-refractivity contribution < 1.29 is 18.7 Å². The third-order valence-corrected chi connectivity index (χ3v) is 8.03. The van der Waals surface area contributed by atoms with Crippen LogP contribution in [0.5, 0.6) is 5.75 Å². The van der Waals surface area contributed by atoms with Crippen molar-refractivity contribution in [1.82, 2.24) is 5.32 Å². The first-order chi connectivity index (χ1) is 15.0. The van der Waals surface area contributed by atoms with Crippen molar-refractivity contribution in [3.8, 4) is 5.75 Å². The fourth-order valence-electron chi connectivity index (χ4n) is 5.68. The second kappa shape index (κ2) is 9.29. The number of halogens is 1. The van der Waals surface area contributed by atoms with E-state index in [0.717, 1.165) is 63.5 Å². The summed E-state index contributed by atoms with van der Waals surface area (Å²) in [5, 5.41) is 3.31. The number of hydrogen-bond donors (Lipinski definition) is 2. The summed E-state index contributed by atoms with van der Waals surface area (Å²) in [5.74, 6) is 0.990. The predicted molar refractivity (Wildman–Crippen MR) is 119 cm³/mol. The molecule has 170 valence electrons. The quantitative estimate of drug-likeness (QED) is 0.650. The summed E-state index contributed by atoms with van der Waals surface area (Å²) in [6.45, 7) is 0.321. The molecule has 0 heterocycles. The SMILES string of the molecule is COC1CC(NC(=O)C23CCCC(c4ccc(OC/C(=C/F)CN)cc4)(CC2)CC3)C1. The Labute approximate surface area is 184 Å². The van der Waals surface area contributed by atoms with Gasteiger partial charge in [-0.3, -0.25) is 4.79 Å². The van der Waals surface area contributed by atoms with Crippen molar-refractivity contribution in [2.24, 2.45) is 11.1 Å². The third-order valence-electron chi connectivity index (χ3n) is 8.03. The molecular formula is C25H35FN2O3. The zero-order valence-electron chi connectivity index (χ0n) is 18.5. The van der Waals surface area contributed by atoms with Crippen molar-refractivity contribution in [1.29, 1.82) is 0 Å². The van der Waals surface area contributed by atoms with Gasteiger partial charge in [-0.05, 0) is 74.5 Å². The van der Waals surface area contributed by atoms with E-state index in [-0.39, 0.29) is 35.9 Å². The average molecular weight is 431 g/mol. The van der Waals surface area contributed by atoms with E-state index in [4.69, 9.17) is 15.2 Å². The van der Waals surface area contributed by atoms with Crippen molar-refractivity contribution in [2.75, 3.05) is 20.3 Å². The molecule has 4 saturated carbocycles. The molecule has 0 atom stereocenters. The molecule has 0 unspecified atom stereocenters. The van der Waals surface area contributed by atoms with Crippen molar-refractivity contribution >= 4 is 5.91 Å². The lowest BCUT2D eigenvalue weighted by Crippen LogP contribution is -2.53. The number of hydrogen-bond acceptors (Lipinski definition) is 4. The average Bonchev–Trinajstić information content (AvgIpc) is 3.09. The van der Waals surface area contributed by atoms with Gasteiger partial charge < -0.3 is 20.5 Å². The van der Waals surface area contributed by atoms with Crippen molar-refractivity contribution in [2.45, 2.75) is 75.3 Å². The number of ether oxygens (including phenoxy) is 2. The highest BCUT2D eigenvalue weighted by atomic mass is 19.1. The van der Waals surface area contributed by atoms with Gasteiger partial charge in [0, 0.05) is 30.7 Å². The molecule has 4 aliphatic rings. The van der Waals surface area contributed by atoms with E-state index in [1.807, 2.05) is 12.1 Å². The molecule has 0 radical (unpaired) electrons. The molecule has 5 nitrogen and oxygen atoms in total. The van der Waals surface area contributed by atoms with Crippen LogP contribution in [0.4, 0.5) is 4.39 Å². The van der Waals surface area contributed by atoms with Gasteiger partial charge in [0.1, 0.15) is 12.4 Å². The molecule has 2 bridgehead atoms. The zero-order valence-corrected chi connectivity index (χ0v) is 18.5. The minimum Gasteiger partial charge on any atom is -0.489 e. The van der Waals surface area contributed by atoms with Crippen LogP contribution in [-0.2, 0) is 14.9 Å². The molecule has 0 aliphatic heterocycles. The number of carbonyl (C=O) groups is 1. The lowest BCUT2D eigenvalue weighted by atomic mass is 9.62. The topological polar surface area (TPSA) is 73.6 Å². The second-order valence-electron chi connectivity index (χ2n) is 9.70. The van der Waals surface area contributed by atoms with Gasteiger partial charge in [0.15, 0.2) is 0 Å². The predicted octanol–water partition coefficient (Wildman–Crippen LogP) is 4.15. The summed E-state index contributed by atoms with van der Waals surface area (Å²) in [6.07, 6.45) is 9.90. The summed E-state index contributed by atoms with van der Waals surface area (Å²) < 4.78 is 23.7. The number of benzene rings is 1. The number of rotatable bonds is 8. The van der Waals surface area contributed by atoms with Gasteiger partial charge >= 0.3 is 0 Å². The number of nitrogens with one attached hydrogen (secondary N) is 1. The Morgan fingerprint density at radius 1 is 1.16 bits per heavy atom. The Balaban J connectivity index is 1.38. The minimum atomic E-state index is -0.196. The highest BCUT2D eigenvalue weighted by molar-refractivity contribution is 5.83. The van der Waals surface area contributed by atoms with Crippen LogP contribution < -0.4 is 15.8 Å². The maximum absolute atomic E-state index is 13.2. The lowest BCUT2D eigenvalue weighted by molar-refractivity contribution is -0.136. The third kappa shape index (κ3) is 4.51. The van der Waals surface area contributed by atoms with Gasteiger partial charge in [0.25, 0.3) is 0 Å². The highest BCUT2D eigenvalue weighted by Gasteiger charge is 2.50. The van der Waals surface area contributed by atoms with E-state index in [9.17, 15) is 9.18 Å². The van der Waals surface area contributed by atoms with E-state index >= 15 is 0 Å². The molecule has 5 rings (SSSR count). The summed E-state index contributed by atoms with van der Waals surface area (Å²) in [6, 6.07) is 8.52. The first kappa shape index (κ1) is 22.3. The van der Waals surface area contributed by atoms with E-state index in [0.29, 0.717) is 18.0 Å². The smallest absolute Gasteiger partial charge is 0.226 e. The van der Waals surface area contributed by atoms with Gasteiger partial charge in [-0.15, -0.1) is 0 Å². The van der Waals surface area contributed by atoms with Crippen LogP contribution in [0.3, 0.4) is 0 Å². The van der Waals surface area contributed by atoms with Crippen molar-refractivity contribution in [3.63, 3.8) is 0 Å². The number of nitrogens with two attached hydrogens (primary N) is 1. The second-order valence-corrected chi connectivity index (χ2v) is 9.70. The van der Waals surface area contributed by atoms with Crippen LogP contribution in [0.2, 0.25) is 0 Å². The van der Waals surface area contributed by atoms with Crippen LogP contribution in [0.25, 0.3) is 0 Å². The molecule has 31 heavy (non-hydrogen) atoms. The Morgan fingerprint density at radius 3 is 2.48 bits per heavy atom. The maximum Gasteiger partial charge on any atom is 0.226 e. The molecule has 0 spiro atoms. The van der Waals surface area contributed by atoms with E-state index in [1.54, 1.807) is 7.11 Å².